The zero-order valence-electron chi connectivity index (χ0n) is 16.3. The molecule has 2 aromatic rings. The fourth-order valence-corrected chi connectivity index (χ4v) is 3.08. The van der Waals surface area contributed by atoms with Crippen LogP contribution in [0.4, 0.5) is 4.79 Å². The maximum Gasteiger partial charge on any atom is 0.415 e. The Hall–Kier alpha value is -3.02. The van der Waals surface area contributed by atoms with Gasteiger partial charge in [-0.15, -0.1) is 0 Å². The Morgan fingerprint density at radius 1 is 1.00 bits per heavy atom. The van der Waals surface area contributed by atoms with Gasteiger partial charge in [0.25, 0.3) is 5.91 Å². The monoisotopic (exact) mass is 382 g/mol. The minimum Gasteiger partial charge on any atom is -0.484 e. The van der Waals surface area contributed by atoms with Crippen molar-refractivity contribution in [3.63, 3.8) is 0 Å². The van der Waals surface area contributed by atoms with Gasteiger partial charge in [0.2, 0.25) is 0 Å². The molecule has 1 heterocycles. The van der Waals surface area contributed by atoms with Crippen molar-refractivity contribution >= 4 is 12.0 Å². The van der Waals surface area contributed by atoms with Crippen molar-refractivity contribution in [2.24, 2.45) is 0 Å². The summed E-state index contributed by atoms with van der Waals surface area (Å²) < 4.78 is 10.9. The number of amides is 2. The quantitative estimate of drug-likeness (QED) is 0.860. The number of likely N-dealkylation sites (tertiary alicyclic amines) is 1. The number of hydrogen-bond donors (Lipinski definition) is 1. The number of ether oxygens (including phenoxy) is 2. The molecule has 1 N–H and O–H groups in total. The molecule has 2 aromatic carbocycles. The normalized spacial score (nSPS) is 14.4. The van der Waals surface area contributed by atoms with E-state index >= 15 is 0 Å². The van der Waals surface area contributed by atoms with E-state index in [4.69, 9.17) is 9.47 Å². The van der Waals surface area contributed by atoms with Crippen LogP contribution in [0.3, 0.4) is 0 Å². The number of nitrogens with zero attached hydrogens (tertiary/aromatic N) is 1. The first-order chi connectivity index (χ1) is 13.5. The Morgan fingerprint density at radius 2 is 1.71 bits per heavy atom. The van der Waals surface area contributed by atoms with Gasteiger partial charge in [-0.05, 0) is 62.1 Å². The topological polar surface area (TPSA) is 67.9 Å². The van der Waals surface area contributed by atoms with Crippen LogP contribution in [0.5, 0.6) is 11.5 Å². The van der Waals surface area contributed by atoms with Gasteiger partial charge in [0, 0.05) is 19.1 Å². The number of carbonyl (C=O) groups is 2. The lowest BCUT2D eigenvalue weighted by Crippen LogP contribution is -2.48. The summed E-state index contributed by atoms with van der Waals surface area (Å²) in [7, 11) is 0. The lowest BCUT2D eigenvalue weighted by Gasteiger charge is -2.31. The lowest BCUT2D eigenvalue weighted by atomic mass is 10.1. The van der Waals surface area contributed by atoms with E-state index in [2.05, 4.69) is 5.32 Å². The first-order valence-electron chi connectivity index (χ1n) is 9.52. The number of hydrogen-bond acceptors (Lipinski definition) is 4. The first-order valence-corrected chi connectivity index (χ1v) is 9.52. The number of benzene rings is 2. The molecule has 0 aliphatic carbocycles. The molecule has 6 nitrogen and oxygen atoms in total. The minimum atomic E-state index is -0.353. The Morgan fingerprint density at radius 3 is 2.39 bits per heavy atom. The van der Waals surface area contributed by atoms with Crippen molar-refractivity contribution in [1.29, 1.82) is 0 Å². The summed E-state index contributed by atoms with van der Waals surface area (Å²) in [6.45, 7) is 5.13. The second kappa shape index (κ2) is 9.26. The molecule has 0 bridgehead atoms. The summed E-state index contributed by atoms with van der Waals surface area (Å²) in [5.41, 5.74) is 2.32. The molecule has 148 valence electrons. The van der Waals surface area contributed by atoms with Gasteiger partial charge < -0.3 is 19.7 Å². The average Bonchev–Trinajstić information content (AvgIpc) is 2.70. The summed E-state index contributed by atoms with van der Waals surface area (Å²) in [6.07, 6.45) is 1.03. The third-order valence-electron chi connectivity index (χ3n) is 4.91. The molecule has 1 saturated heterocycles. The van der Waals surface area contributed by atoms with Gasteiger partial charge in [0.15, 0.2) is 6.61 Å². The van der Waals surface area contributed by atoms with Crippen LogP contribution in [0.2, 0.25) is 0 Å². The molecule has 1 aliphatic heterocycles. The number of nitrogens with one attached hydrogen (secondary N) is 1. The Balaban J connectivity index is 1.39. The third-order valence-corrected chi connectivity index (χ3v) is 4.91. The highest BCUT2D eigenvalue weighted by molar-refractivity contribution is 5.78. The molecule has 0 aromatic heterocycles. The number of piperidine rings is 1. The minimum absolute atomic E-state index is 0.0151. The van der Waals surface area contributed by atoms with Crippen LogP contribution in [-0.4, -0.2) is 42.6 Å². The molecule has 28 heavy (non-hydrogen) atoms. The summed E-state index contributed by atoms with van der Waals surface area (Å²) in [5.74, 6) is 1.08. The molecule has 0 radical (unpaired) electrons. The molecule has 6 heteroatoms. The molecule has 1 fully saturated rings. The van der Waals surface area contributed by atoms with E-state index in [9.17, 15) is 9.59 Å². The predicted octanol–water partition coefficient (Wildman–Crippen LogP) is 3.46. The molecule has 0 spiro atoms. The van der Waals surface area contributed by atoms with Crippen molar-refractivity contribution < 1.29 is 19.1 Å². The maximum atomic E-state index is 12.2. The largest absolute Gasteiger partial charge is 0.484 e. The van der Waals surface area contributed by atoms with Crippen LogP contribution in [0.25, 0.3) is 0 Å². The number of para-hydroxylation sites is 1. The van der Waals surface area contributed by atoms with Gasteiger partial charge in [-0.3, -0.25) is 4.79 Å². The van der Waals surface area contributed by atoms with E-state index in [-0.39, 0.29) is 24.6 Å². The maximum absolute atomic E-state index is 12.2. The van der Waals surface area contributed by atoms with E-state index in [0.29, 0.717) is 37.4 Å². The van der Waals surface area contributed by atoms with Gasteiger partial charge in [0.1, 0.15) is 11.5 Å². The van der Waals surface area contributed by atoms with E-state index < -0.39 is 0 Å². The highest BCUT2D eigenvalue weighted by Crippen LogP contribution is 2.17. The number of rotatable bonds is 5. The predicted molar refractivity (Wildman–Crippen MR) is 107 cm³/mol. The number of aryl methyl sites for hydroxylation is 2. The Bertz CT molecular complexity index is 815. The molecule has 1 aliphatic rings. The SMILES string of the molecule is Cc1ccc(OCC(=O)NC2CCN(C(=O)Oc3ccccc3)CC2)cc1C. The van der Waals surface area contributed by atoms with E-state index in [1.165, 1.54) is 5.56 Å². The molecule has 0 saturated carbocycles. The van der Waals surface area contributed by atoms with Gasteiger partial charge in [-0.1, -0.05) is 24.3 Å². The van der Waals surface area contributed by atoms with Crippen LogP contribution >= 0.6 is 0 Å². The fraction of sp³-hybridized carbons (Fsp3) is 0.364. The van der Waals surface area contributed by atoms with Crippen molar-refractivity contribution in [2.75, 3.05) is 19.7 Å². The summed E-state index contributed by atoms with van der Waals surface area (Å²) >= 11 is 0. The van der Waals surface area contributed by atoms with Gasteiger partial charge in [-0.25, -0.2) is 4.79 Å². The Labute approximate surface area is 165 Å². The van der Waals surface area contributed by atoms with E-state index in [0.717, 1.165) is 5.56 Å². The second-order valence-corrected chi connectivity index (χ2v) is 7.04. The molecule has 0 unspecified atom stereocenters. The van der Waals surface area contributed by atoms with Crippen LogP contribution in [-0.2, 0) is 4.79 Å². The van der Waals surface area contributed by atoms with Crippen LogP contribution in [0.15, 0.2) is 48.5 Å². The van der Waals surface area contributed by atoms with Crippen molar-refractivity contribution in [3.8, 4) is 11.5 Å². The van der Waals surface area contributed by atoms with Gasteiger partial charge in [-0.2, -0.15) is 0 Å². The van der Waals surface area contributed by atoms with Crippen molar-refractivity contribution in [3.05, 3.63) is 59.7 Å². The summed E-state index contributed by atoms with van der Waals surface area (Å²) in [6, 6.07) is 14.8. The van der Waals surface area contributed by atoms with Gasteiger partial charge in [0.05, 0.1) is 0 Å². The second-order valence-electron chi connectivity index (χ2n) is 7.04. The summed E-state index contributed by atoms with van der Waals surface area (Å²) in [5, 5.41) is 2.98. The molecule has 2 amide bonds. The summed E-state index contributed by atoms with van der Waals surface area (Å²) in [4.78, 5) is 26.0. The molecule has 0 atom stereocenters. The fourth-order valence-electron chi connectivity index (χ4n) is 3.08. The van der Waals surface area contributed by atoms with E-state index in [1.807, 2.05) is 50.2 Å². The lowest BCUT2D eigenvalue weighted by molar-refractivity contribution is -0.124. The first kappa shape index (κ1) is 19.7. The standard InChI is InChI=1S/C22H26N2O4/c1-16-8-9-20(14-17(16)2)27-15-21(25)23-18-10-12-24(13-11-18)22(26)28-19-6-4-3-5-7-19/h3-9,14,18H,10-13,15H2,1-2H3,(H,23,25). The van der Waals surface area contributed by atoms with Crippen molar-refractivity contribution in [2.45, 2.75) is 32.7 Å². The molecular formula is C22H26N2O4. The third kappa shape index (κ3) is 5.49. The smallest absolute Gasteiger partial charge is 0.415 e. The molecular weight excluding hydrogens is 356 g/mol. The number of carbonyl (C=O) groups excluding carboxylic acids is 2. The Kier molecular flexibility index (Phi) is 6.53. The zero-order chi connectivity index (χ0) is 19.9. The van der Waals surface area contributed by atoms with Gasteiger partial charge >= 0.3 is 6.09 Å². The van der Waals surface area contributed by atoms with Crippen molar-refractivity contribution in [1.82, 2.24) is 10.2 Å². The highest BCUT2D eigenvalue weighted by Gasteiger charge is 2.25. The average molecular weight is 382 g/mol. The molecule has 3 rings (SSSR count). The van der Waals surface area contributed by atoms with E-state index in [1.54, 1.807) is 17.0 Å². The zero-order valence-corrected chi connectivity index (χ0v) is 16.3. The highest BCUT2D eigenvalue weighted by atomic mass is 16.6. The van der Waals surface area contributed by atoms with Crippen LogP contribution in [0.1, 0.15) is 24.0 Å². The van der Waals surface area contributed by atoms with Crippen LogP contribution in [0, 0.1) is 13.8 Å². The van der Waals surface area contributed by atoms with Crippen LogP contribution < -0.4 is 14.8 Å².